The zero-order chi connectivity index (χ0) is 18.5. The van der Waals surface area contributed by atoms with Gasteiger partial charge < -0.3 is 14.6 Å². The van der Waals surface area contributed by atoms with Gasteiger partial charge in [0, 0.05) is 19.3 Å². The van der Waals surface area contributed by atoms with Gasteiger partial charge in [-0.2, -0.15) is 0 Å². The van der Waals surface area contributed by atoms with E-state index < -0.39 is 0 Å². The van der Waals surface area contributed by atoms with Gasteiger partial charge in [0.15, 0.2) is 0 Å². The molecule has 2 aliphatic heterocycles. The van der Waals surface area contributed by atoms with Crippen LogP contribution in [0.4, 0.5) is 5.95 Å². The van der Waals surface area contributed by atoms with Crippen LogP contribution < -0.4 is 9.47 Å². The molecule has 9 nitrogen and oxygen atoms in total. The maximum atomic E-state index is 9.20. The predicted molar refractivity (Wildman–Crippen MR) is 96.8 cm³/mol. The Labute approximate surface area is 158 Å². The highest BCUT2D eigenvalue weighted by Crippen LogP contribution is 2.15. The van der Waals surface area contributed by atoms with Crippen molar-refractivity contribution in [1.29, 1.82) is 0 Å². The molecule has 0 atom stereocenters. The first-order valence-corrected chi connectivity index (χ1v) is 9.29. The summed E-state index contributed by atoms with van der Waals surface area (Å²) in [6.45, 7) is 7.02. The molecule has 0 bridgehead atoms. The summed E-state index contributed by atoms with van der Waals surface area (Å²) in [5.74, 6) is 1.46. The summed E-state index contributed by atoms with van der Waals surface area (Å²) < 4.78 is 13.0. The standard InChI is InChI=1S/C18H25N6O3/c25-12-15-1-2-16(19-11-15)17-20-13-24(14-22-3-7-26-8-4-22)18(21-17)23-5-9-27-10-6-23/h1-2,11,13,25H,3-10,12,14H2/q+1. The molecular weight excluding hydrogens is 348 g/mol. The van der Waals surface area contributed by atoms with Crippen LogP contribution in [-0.2, 0) is 22.7 Å². The number of aliphatic hydroxyl groups is 1. The van der Waals surface area contributed by atoms with E-state index in [0.717, 1.165) is 57.6 Å². The molecule has 2 aliphatic rings. The molecule has 2 aromatic heterocycles. The van der Waals surface area contributed by atoms with E-state index in [1.807, 2.05) is 18.5 Å². The molecule has 4 heterocycles. The largest absolute Gasteiger partial charge is 0.392 e. The lowest BCUT2D eigenvalue weighted by molar-refractivity contribution is -0.709. The Balaban J connectivity index is 1.63. The van der Waals surface area contributed by atoms with Crippen LogP contribution in [0.15, 0.2) is 24.7 Å². The second kappa shape index (κ2) is 8.66. The average Bonchev–Trinajstić information content (AvgIpc) is 2.75. The number of pyridine rings is 1. The normalized spacial score (nSPS) is 18.6. The van der Waals surface area contributed by atoms with Gasteiger partial charge >= 0.3 is 5.95 Å². The molecule has 0 amide bonds. The minimum Gasteiger partial charge on any atom is -0.392 e. The van der Waals surface area contributed by atoms with Crippen molar-refractivity contribution < 1.29 is 19.1 Å². The first-order chi connectivity index (χ1) is 13.3. The van der Waals surface area contributed by atoms with Crippen LogP contribution in [0.25, 0.3) is 11.5 Å². The van der Waals surface area contributed by atoms with Crippen molar-refractivity contribution in [2.75, 3.05) is 57.5 Å². The molecule has 0 radical (unpaired) electrons. The Morgan fingerprint density at radius 2 is 1.74 bits per heavy atom. The van der Waals surface area contributed by atoms with E-state index in [-0.39, 0.29) is 6.61 Å². The topological polar surface area (TPSA) is 87.7 Å². The number of anilines is 1. The van der Waals surface area contributed by atoms with Gasteiger partial charge in [0.25, 0.3) is 5.82 Å². The van der Waals surface area contributed by atoms with E-state index in [2.05, 4.69) is 24.3 Å². The number of morpholine rings is 2. The van der Waals surface area contributed by atoms with Crippen LogP contribution in [0.2, 0.25) is 0 Å². The summed E-state index contributed by atoms with van der Waals surface area (Å²) in [5, 5.41) is 9.20. The average molecular weight is 373 g/mol. The Hall–Kier alpha value is -2.20. The molecule has 0 unspecified atom stereocenters. The SMILES string of the molecule is OCc1ccc(-c2nc[n+](CN3CCOCC3)c(N3CCOCC3)n2)nc1. The van der Waals surface area contributed by atoms with Gasteiger partial charge in [-0.15, -0.1) is 4.98 Å². The number of rotatable bonds is 5. The van der Waals surface area contributed by atoms with Crippen molar-refractivity contribution in [3.05, 3.63) is 30.2 Å². The molecule has 0 aromatic carbocycles. The quantitative estimate of drug-likeness (QED) is 0.699. The molecule has 0 spiro atoms. The van der Waals surface area contributed by atoms with Crippen LogP contribution in [0.5, 0.6) is 0 Å². The summed E-state index contributed by atoms with van der Waals surface area (Å²) >= 11 is 0. The monoisotopic (exact) mass is 373 g/mol. The fourth-order valence-corrected chi connectivity index (χ4v) is 3.21. The zero-order valence-electron chi connectivity index (χ0n) is 15.3. The van der Waals surface area contributed by atoms with Crippen molar-refractivity contribution in [2.45, 2.75) is 13.3 Å². The summed E-state index contributed by atoms with van der Waals surface area (Å²) in [7, 11) is 0. The Morgan fingerprint density at radius 3 is 2.41 bits per heavy atom. The molecule has 0 saturated carbocycles. The van der Waals surface area contributed by atoms with Crippen molar-refractivity contribution >= 4 is 5.95 Å². The molecule has 144 valence electrons. The van der Waals surface area contributed by atoms with Crippen LogP contribution in [0.1, 0.15) is 5.56 Å². The maximum Gasteiger partial charge on any atom is 0.353 e. The van der Waals surface area contributed by atoms with E-state index in [0.29, 0.717) is 24.7 Å². The third kappa shape index (κ3) is 4.38. The fourth-order valence-electron chi connectivity index (χ4n) is 3.21. The van der Waals surface area contributed by atoms with E-state index in [1.54, 1.807) is 6.20 Å². The minimum absolute atomic E-state index is 0.0263. The fraction of sp³-hybridized carbons (Fsp3) is 0.556. The summed E-state index contributed by atoms with van der Waals surface area (Å²) in [6.07, 6.45) is 3.49. The van der Waals surface area contributed by atoms with Crippen molar-refractivity contribution in [3.63, 3.8) is 0 Å². The number of hydrogen-bond acceptors (Lipinski definition) is 8. The van der Waals surface area contributed by atoms with Crippen LogP contribution in [0, 0.1) is 0 Å². The van der Waals surface area contributed by atoms with E-state index in [9.17, 15) is 5.11 Å². The van der Waals surface area contributed by atoms with Crippen molar-refractivity contribution in [1.82, 2.24) is 19.9 Å². The molecule has 27 heavy (non-hydrogen) atoms. The number of aliphatic hydroxyl groups excluding tert-OH is 1. The highest BCUT2D eigenvalue weighted by Gasteiger charge is 2.26. The first kappa shape index (κ1) is 18.2. The lowest BCUT2D eigenvalue weighted by atomic mass is 10.2. The van der Waals surface area contributed by atoms with Crippen LogP contribution >= 0.6 is 0 Å². The number of aromatic nitrogens is 4. The smallest absolute Gasteiger partial charge is 0.353 e. The van der Waals surface area contributed by atoms with Gasteiger partial charge in [-0.05, 0) is 11.6 Å². The third-order valence-corrected chi connectivity index (χ3v) is 4.77. The van der Waals surface area contributed by atoms with E-state index in [4.69, 9.17) is 14.5 Å². The molecular formula is C18H25N6O3+. The Morgan fingerprint density at radius 1 is 1.00 bits per heavy atom. The predicted octanol–water partition coefficient (Wildman–Crippen LogP) is -0.555. The lowest BCUT2D eigenvalue weighted by Crippen LogP contribution is -2.53. The first-order valence-electron chi connectivity index (χ1n) is 9.29. The Bertz CT molecular complexity index is 745. The van der Waals surface area contributed by atoms with E-state index >= 15 is 0 Å². The summed E-state index contributed by atoms with van der Waals surface area (Å²) in [4.78, 5) is 18.3. The van der Waals surface area contributed by atoms with Crippen LogP contribution in [0.3, 0.4) is 0 Å². The molecule has 2 aromatic rings. The molecule has 4 rings (SSSR count). The molecule has 2 fully saturated rings. The number of hydrogen-bond donors (Lipinski definition) is 1. The second-order valence-electron chi connectivity index (χ2n) is 6.63. The molecule has 9 heteroatoms. The van der Waals surface area contributed by atoms with Gasteiger partial charge in [-0.3, -0.25) is 14.8 Å². The maximum absolute atomic E-state index is 9.20. The summed E-state index contributed by atoms with van der Waals surface area (Å²) in [5.41, 5.74) is 1.46. The number of ether oxygens (including phenoxy) is 2. The highest BCUT2D eigenvalue weighted by molar-refractivity contribution is 5.50. The second-order valence-corrected chi connectivity index (χ2v) is 6.63. The highest BCUT2D eigenvalue weighted by atomic mass is 16.5. The molecule has 0 aliphatic carbocycles. The van der Waals surface area contributed by atoms with Gasteiger partial charge in [-0.25, -0.2) is 4.57 Å². The summed E-state index contributed by atoms with van der Waals surface area (Å²) in [6, 6.07) is 3.69. The zero-order valence-corrected chi connectivity index (χ0v) is 15.3. The minimum atomic E-state index is -0.0263. The van der Waals surface area contributed by atoms with Gasteiger partial charge in [-0.1, -0.05) is 11.1 Å². The Kier molecular flexibility index (Phi) is 5.83. The van der Waals surface area contributed by atoms with Gasteiger partial charge in [0.05, 0.1) is 46.1 Å². The molecule has 2 saturated heterocycles. The van der Waals surface area contributed by atoms with Gasteiger partial charge in [0.2, 0.25) is 6.33 Å². The molecule has 1 N–H and O–H groups in total. The number of nitrogens with zero attached hydrogens (tertiary/aromatic N) is 6. The van der Waals surface area contributed by atoms with Crippen molar-refractivity contribution in [2.24, 2.45) is 0 Å². The van der Waals surface area contributed by atoms with Gasteiger partial charge in [0.1, 0.15) is 12.4 Å². The lowest BCUT2D eigenvalue weighted by Gasteiger charge is -2.28. The van der Waals surface area contributed by atoms with Crippen molar-refractivity contribution in [3.8, 4) is 11.5 Å². The van der Waals surface area contributed by atoms with Crippen LogP contribution in [-0.4, -0.2) is 77.6 Å². The third-order valence-electron chi connectivity index (χ3n) is 4.77. The van der Waals surface area contributed by atoms with E-state index in [1.165, 1.54) is 0 Å².